The Labute approximate surface area is 168 Å². The Morgan fingerprint density at radius 2 is 0.500 bits per heavy atom. The van der Waals surface area contributed by atoms with Crippen LogP contribution in [0.25, 0.3) is 0 Å². The minimum absolute atomic E-state index is 0. The molecule has 4 aromatic rings. The van der Waals surface area contributed by atoms with E-state index in [1.165, 1.54) is 17.4 Å². The Kier molecular flexibility index (Phi) is 6.14. The van der Waals surface area contributed by atoms with E-state index in [2.05, 4.69) is 121 Å². The van der Waals surface area contributed by atoms with Crippen LogP contribution >= 0.6 is 0 Å². The summed E-state index contributed by atoms with van der Waals surface area (Å²) in [4.78, 5) is 0. The Morgan fingerprint density at radius 3 is 0.692 bits per heavy atom. The summed E-state index contributed by atoms with van der Waals surface area (Å²) in [6.45, 7) is 0. The average molecular weight is 463 g/mol. The predicted molar refractivity (Wildman–Crippen MR) is 110 cm³/mol. The van der Waals surface area contributed by atoms with Crippen LogP contribution < -0.4 is 34.4 Å². The molecule has 0 aliphatic rings. The third kappa shape index (κ3) is 3.30. The maximum absolute atomic E-state index is 2.77. The molecular formula is C24H20AsBr. The zero-order valence-electron chi connectivity index (χ0n) is 14.4. The molecule has 0 aromatic heterocycles. The summed E-state index contributed by atoms with van der Waals surface area (Å²) >= 11 is -2.77. The van der Waals surface area contributed by atoms with Crippen molar-refractivity contribution in [2.75, 3.05) is 0 Å². The number of halogens is 1. The van der Waals surface area contributed by atoms with Gasteiger partial charge in [-0.15, -0.1) is 0 Å². The van der Waals surface area contributed by atoms with E-state index in [1.807, 2.05) is 0 Å². The van der Waals surface area contributed by atoms with E-state index in [9.17, 15) is 0 Å². The number of hydrogen-bond donors (Lipinski definition) is 0. The van der Waals surface area contributed by atoms with Crippen molar-refractivity contribution in [2.45, 2.75) is 0 Å². The van der Waals surface area contributed by atoms with Gasteiger partial charge in [0.1, 0.15) is 0 Å². The first-order chi connectivity index (χ1) is 12.4. The second kappa shape index (κ2) is 8.53. The van der Waals surface area contributed by atoms with Crippen LogP contribution in [0, 0.1) is 0 Å². The van der Waals surface area contributed by atoms with Crippen LogP contribution in [0.15, 0.2) is 121 Å². The number of rotatable bonds is 4. The molecule has 0 bridgehead atoms. The molecule has 0 heterocycles. The van der Waals surface area contributed by atoms with E-state index >= 15 is 0 Å². The normalized spacial score (nSPS) is 10.8. The first kappa shape index (κ1) is 18.7. The van der Waals surface area contributed by atoms with Crippen LogP contribution in [-0.4, -0.2) is 13.6 Å². The van der Waals surface area contributed by atoms with Crippen molar-refractivity contribution in [2.24, 2.45) is 0 Å². The fourth-order valence-corrected chi connectivity index (χ4v) is 12.5. The van der Waals surface area contributed by atoms with E-state index < -0.39 is 13.6 Å². The molecule has 4 aromatic carbocycles. The molecule has 2 heteroatoms. The van der Waals surface area contributed by atoms with Gasteiger partial charge in [0.2, 0.25) is 0 Å². The van der Waals surface area contributed by atoms with Crippen LogP contribution in [0.2, 0.25) is 0 Å². The molecule has 0 saturated heterocycles. The van der Waals surface area contributed by atoms with Gasteiger partial charge in [-0.05, 0) is 0 Å². The van der Waals surface area contributed by atoms with Crippen LogP contribution in [0.4, 0.5) is 0 Å². The van der Waals surface area contributed by atoms with Gasteiger partial charge in [0, 0.05) is 0 Å². The maximum atomic E-state index is 2.31. The van der Waals surface area contributed by atoms with E-state index in [-0.39, 0.29) is 17.0 Å². The third-order valence-corrected chi connectivity index (χ3v) is 13.6. The van der Waals surface area contributed by atoms with Crippen molar-refractivity contribution < 1.29 is 17.0 Å². The second-order valence-electron chi connectivity index (χ2n) is 6.01. The molecule has 0 N–H and O–H groups in total. The van der Waals surface area contributed by atoms with E-state index in [0.717, 1.165) is 0 Å². The SMILES string of the molecule is [Br-].c1ccc([As+](c2ccccc2)(c2ccccc2)c2ccccc2)cc1. The second-order valence-corrected chi connectivity index (χ2v) is 13.2. The molecule has 0 nitrogen and oxygen atoms in total. The van der Waals surface area contributed by atoms with Crippen molar-refractivity contribution in [3.8, 4) is 0 Å². The summed E-state index contributed by atoms with van der Waals surface area (Å²) < 4.78 is 5.79. The molecule has 128 valence electrons. The zero-order chi connectivity index (χ0) is 17.0. The molecule has 0 spiro atoms. The first-order valence-corrected chi connectivity index (χ1v) is 12.3. The molecule has 0 atom stereocenters. The van der Waals surface area contributed by atoms with E-state index in [4.69, 9.17) is 0 Å². The van der Waals surface area contributed by atoms with Gasteiger partial charge >= 0.3 is 152 Å². The summed E-state index contributed by atoms with van der Waals surface area (Å²) in [5.41, 5.74) is 0. The number of hydrogen-bond acceptors (Lipinski definition) is 0. The topological polar surface area (TPSA) is 0 Å². The molecular weight excluding hydrogens is 443 g/mol. The number of benzene rings is 4. The van der Waals surface area contributed by atoms with Gasteiger partial charge in [-0.3, -0.25) is 0 Å². The van der Waals surface area contributed by atoms with Gasteiger partial charge in [0.15, 0.2) is 0 Å². The quantitative estimate of drug-likeness (QED) is 0.376. The monoisotopic (exact) mass is 462 g/mol. The van der Waals surface area contributed by atoms with Gasteiger partial charge in [-0.1, -0.05) is 0 Å². The average Bonchev–Trinajstić information content (AvgIpc) is 2.72. The molecule has 4 rings (SSSR count). The van der Waals surface area contributed by atoms with Crippen molar-refractivity contribution in [3.63, 3.8) is 0 Å². The van der Waals surface area contributed by atoms with Gasteiger partial charge < -0.3 is 17.0 Å². The van der Waals surface area contributed by atoms with Crippen molar-refractivity contribution in [1.29, 1.82) is 0 Å². The Bertz CT molecular complexity index is 759. The zero-order valence-corrected chi connectivity index (χ0v) is 17.8. The fraction of sp³-hybridized carbons (Fsp3) is 0. The Hall–Kier alpha value is -2.08. The summed E-state index contributed by atoms with van der Waals surface area (Å²) in [6, 6.07) is 44.2. The van der Waals surface area contributed by atoms with Crippen LogP contribution in [0.3, 0.4) is 0 Å². The first-order valence-electron chi connectivity index (χ1n) is 8.54. The predicted octanol–water partition coefficient (Wildman–Crippen LogP) is 0.0680. The minimum atomic E-state index is -2.77. The summed E-state index contributed by atoms with van der Waals surface area (Å²) in [5, 5.41) is 0. The van der Waals surface area contributed by atoms with Crippen LogP contribution in [0.1, 0.15) is 0 Å². The third-order valence-electron chi connectivity index (χ3n) is 4.57. The molecule has 26 heavy (non-hydrogen) atoms. The van der Waals surface area contributed by atoms with E-state index in [0.29, 0.717) is 0 Å². The summed E-state index contributed by atoms with van der Waals surface area (Å²) in [5.74, 6) is 0. The van der Waals surface area contributed by atoms with E-state index in [1.54, 1.807) is 0 Å². The van der Waals surface area contributed by atoms with Gasteiger partial charge in [-0.2, -0.15) is 0 Å². The van der Waals surface area contributed by atoms with Crippen molar-refractivity contribution >= 4 is 31.0 Å². The molecule has 0 fully saturated rings. The summed E-state index contributed by atoms with van der Waals surface area (Å²) in [7, 11) is 0. The van der Waals surface area contributed by atoms with Crippen LogP contribution in [-0.2, 0) is 0 Å². The molecule has 0 unspecified atom stereocenters. The van der Waals surface area contributed by atoms with Crippen LogP contribution in [0.5, 0.6) is 0 Å². The molecule has 0 amide bonds. The Balaban J connectivity index is 0.00000196. The fourth-order valence-electron chi connectivity index (χ4n) is 3.50. The standard InChI is InChI=1S/C24H20As.BrH/c1-5-13-21(14-6-1)25(22-15-7-2-8-16-22,23-17-9-3-10-18-23)24-19-11-4-12-20-24;/h1-20H;1H/q+1;/p-1. The molecule has 0 aliphatic heterocycles. The van der Waals surface area contributed by atoms with Gasteiger partial charge in [0.05, 0.1) is 0 Å². The van der Waals surface area contributed by atoms with Crippen molar-refractivity contribution in [1.82, 2.24) is 0 Å². The van der Waals surface area contributed by atoms with Gasteiger partial charge in [0.25, 0.3) is 0 Å². The van der Waals surface area contributed by atoms with Gasteiger partial charge in [-0.25, -0.2) is 0 Å². The summed E-state index contributed by atoms with van der Waals surface area (Å²) in [6.07, 6.45) is 0. The molecule has 0 saturated carbocycles. The molecule has 0 aliphatic carbocycles. The van der Waals surface area contributed by atoms with Crippen molar-refractivity contribution in [3.05, 3.63) is 121 Å². The molecule has 0 radical (unpaired) electrons. The Morgan fingerprint density at radius 1 is 0.308 bits per heavy atom.